The molecule has 136 valence electrons. The third-order valence-electron chi connectivity index (χ3n) is 3.97. The van der Waals surface area contributed by atoms with Gasteiger partial charge in [-0.05, 0) is 33.3 Å². The van der Waals surface area contributed by atoms with Crippen molar-refractivity contribution in [1.82, 2.24) is 10.3 Å². The molecule has 0 spiro atoms. The summed E-state index contributed by atoms with van der Waals surface area (Å²) < 4.78 is 0. The van der Waals surface area contributed by atoms with Gasteiger partial charge in [0.1, 0.15) is 10.9 Å². The van der Waals surface area contributed by atoms with Gasteiger partial charge in [-0.15, -0.1) is 11.3 Å². The van der Waals surface area contributed by atoms with Gasteiger partial charge in [0.05, 0.1) is 16.3 Å². The number of carbonyl (C=O) groups is 1. The molecule has 2 aromatic rings. The summed E-state index contributed by atoms with van der Waals surface area (Å²) in [5.74, 6) is -0.213. The maximum atomic E-state index is 12.8. The summed E-state index contributed by atoms with van der Waals surface area (Å²) in [4.78, 5) is 17.7. The number of nitrogens with zero attached hydrogens (tertiary/aromatic N) is 2. The Morgan fingerprint density at radius 3 is 2.12 bits per heavy atom. The van der Waals surface area contributed by atoms with Crippen molar-refractivity contribution in [3.05, 3.63) is 56.2 Å². The molecule has 0 fully saturated rings. The molecular weight excluding hydrogens is 342 g/mol. The van der Waals surface area contributed by atoms with Crippen LogP contribution in [0.25, 0.3) is 5.57 Å². The first kappa shape index (κ1) is 19.9. The number of aromatic nitrogens is 1. The number of aryl methyl sites for hydroxylation is 4. The average molecular weight is 368 g/mol. The van der Waals surface area contributed by atoms with Gasteiger partial charge in [-0.25, -0.2) is 4.98 Å². The second kappa shape index (κ2) is 7.43. The molecular formula is C21H25N3OS. The Labute approximate surface area is 159 Å². The van der Waals surface area contributed by atoms with E-state index in [1.54, 1.807) is 0 Å². The zero-order chi connectivity index (χ0) is 19.6. The first-order valence-corrected chi connectivity index (χ1v) is 9.33. The highest BCUT2D eigenvalue weighted by atomic mass is 32.1. The lowest BCUT2D eigenvalue weighted by molar-refractivity contribution is 0.0961. The van der Waals surface area contributed by atoms with E-state index in [-0.39, 0.29) is 5.91 Å². The molecule has 0 aliphatic heterocycles. The van der Waals surface area contributed by atoms with Crippen LogP contribution in [-0.4, -0.2) is 10.9 Å². The van der Waals surface area contributed by atoms with E-state index >= 15 is 0 Å². The molecule has 0 unspecified atom stereocenters. The molecule has 0 atom stereocenters. The highest BCUT2D eigenvalue weighted by Gasteiger charge is 2.26. The van der Waals surface area contributed by atoms with Crippen LogP contribution in [-0.2, 0) is 0 Å². The fourth-order valence-corrected chi connectivity index (χ4v) is 3.74. The van der Waals surface area contributed by atoms with E-state index < -0.39 is 5.41 Å². The van der Waals surface area contributed by atoms with Gasteiger partial charge in [0, 0.05) is 11.1 Å². The van der Waals surface area contributed by atoms with Gasteiger partial charge in [-0.2, -0.15) is 5.26 Å². The third kappa shape index (κ3) is 4.39. The van der Waals surface area contributed by atoms with Crippen LogP contribution in [0.3, 0.4) is 0 Å². The number of amides is 1. The molecule has 0 bridgehead atoms. The number of rotatable bonds is 3. The summed E-state index contributed by atoms with van der Waals surface area (Å²) in [5.41, 5.74) is 4.43. The number of hydrogen-bond acceptors (Lipinski definition) is 4. The topological polar surface area (TPSA) is 65.8 Å². The number of nitrogens with one attached hydrogen (secondary N) is 1. The Hall–Kier alpha value is -2.45. The second-order valence-corrected chi connectivity index (χ2v) is 8.79. The maximum Gasteiger partial charge on any atom is 0.267 e. The smallest absolute Gasteiger partial charge is 0.267 e. The summed E-state index contributed by atoms with van der Waals surface area (Å²) in [6.07, 6.45) is 0. The maximum absolute atomic E-state index is 12.8. The monoisotopic (exact) mass is 367 g/mol. The van der Waals surface area contributed by atoms with Crippen LogP contribution in [0.4, 0.5) is 0 Å². The molecule has 1 aromatic carbocycles. The van der Waals surface area contributed by atoms with Gasteiger partial charge < -0.3 is 5.32 Å². The zero-order valence-corrected chi connectivity index (χ0v) is 17.3. The number of carbonyl (C=O) groups excluding carboxylic acids is 1. The number of allylic oxidation sites excluding steroid dienone is 2. The van der Waals surface area contributed by atoms with E-state index in [9.17, 15) is 10.1 Å². The van der Waals surface area contributed by atoms with Crippen molar-refractivity contribution in [2.24, 2.45) is 5.41 Å². The Morgan fingerprint density at radius 1 is 1.12 bits per heavy atom. The molecule has 26 heavy (non-hydrogen) atoms. The molecule has 4 nitrogen and oxygen atoms in total. The SMILES string of the molecule is Cc1cc(C)cc(/C(C#N)=C(\NC(=O)c2sc(C)nc2C)C(C)(C)C)c1. The van der Waals surface area contributed by atoms with Crippen molar-refractivity contribution < 1.29 is 4.79 Å². The van der Waals surface area contributed by atoms with E-state index in [0.717, 1.165) is 21.7 Å². The molecule has 1 aromatic heterocycles. The number of benzene rings is 1. The minimum atomic E-state index is -0.397. The first-order chi connectivity index (χ1) is 12.0. The summed E-state index contributed by atoms with van der Waals surface area (Å²) in [6.45, 7) is 13.7. The molecule has 0 aliphatic rings. The Kier molecular flexibility index (Phi) is 5.68. The standard InChI is InChI=1S/C21H25N3OS/c1-12-8-13(2)10-16(9-12)17(11-22)19(21(5,6)7)24-20(25)18-14(3)23-15(4)26-18/h8-10H,1-7H3,(H,24,25)/b19-17-. The molecule has 2 rings (SSSR count). The number of thiazole rings is 1. The van der Waals surface area contributed by atoms with Gasteiger partial charge in [0.25, 0.3) is 5.91 Å². The van der Waals surface area contributed by atoms with Crippen molar-refractivity contribution >= 4 is 22.8 Å². The minimum Gasteiger partial charge on any atom is -0.323 e. The van der Waals surface area contributed by atoms with E-state index in [1.807, 2.05) is 60.6 Å². The van der Waals surface area contributed by atoms with E-state index in [0.29, 0.717) is 21.8 Å². The van der Waals surface area contributed by atoms with Crippen molar-refractivity contribution in [2.75, 3.05) is 0 Å². The van der Waals surface area contributed by atoms with Gasteiger partial charge >= 0.3 is 0 Å². The Balaban J connectivity index is 2.58. The van der Waals surface area contributed by atoms with Crippen LogP contribution in [0.1, 0.15) is 57.8 Å². The van der Waals surface area contributed by atoms with Crippen LogP contribution in [0.2, 0.25) is 0 Å². The largest absolute Gasteiger partial charge is 0.323 e. The predicted molar refractivity (Wildman–Crippen MR) is 107 cm³/mol. The molecule has 1 heterocycles. The average Bonchev–Trinajstić information content (AvgIpc) is 2.83. The van der Waals surface area contributed by atoms with Crippen LogP contribution >= 0.6 is 11.3 Å². The molecule has 0 saturated heterocycles. The highest BCUT2D eigenvalue weighted by Crippen LogP contribution is 2.32. The van der Waals surface area contributed by atoms with Gasteiger partial charge in [0.15, 0.2) is 0 Å². The van der Waals surface area contributed by atoms with Crippen LogP contribution in [0.5, 0.6) is 0 Å². The number of nitriles is 1. The molecule has 1 amide bonds. The highest BCUT2D eigenvalue weighted by molar-refractivity contribution is 7.13. The second-order valence-electron chi connectivity index (χ2n) is 7.59. The molecule has 5 heteroatoms. The summed E-state index contributed by atoms with van der Waals surface area (Å²) in [5, 5.41) is 13.7. The summed E-state index contributed by atoms with van der Waals surface area (Å²) in [7, 11) is 0. The van der Waals surface area contributed by atoms with Gasteiger partial charge in [-0.3, -0.25) is 4.79 Å². The van der Waals surface area contributed by atoms with Crippen LogP contribution < -0.4 is 5.32 Å². The van der Waals surface area contributed by atoms with Crippen LogP contribution in [0.15, 0.2) is 23.9 Å². The van der Waals surface area contributed by atoms with E-state index in [4.69, 9.17) is 0 Å². The van der Waals surface area contributed by atoms with Gasteiger partial charge in [0.2, 0.25) is 0 Å². The van der Waals surface area contributed by atoms with E-state index in [2.05, 4.69) is 22.4 Å². The van der Waals surface area contributed by atoms with Crippen molar-refractivity contribution in [1.29, 1.82) is 5.26 Å². The quantitative estimate of drug-likeness (QED) is 0.769. The molecule has 0 radical (unpaired) electrons. The molecule has 0 saturated carbocycles. The van der Waals surface area contributed by atoms with E-state index in [1.165, 1.54) is 11.3 Å². The lowest BCUT2D eigenvalue weighted by Crippen LogP contribution is -2.31. The summed E-state index contributed by atoms with van der Waals surface area (Å²) in [6, 6.07) is 8.33. The normalized spacial score (nSPS) is 12.4. The molecule has 1 N–H and O–H groups in total. The van der Waals surface area contributed by atoms with Gasteiger partial charge in [-0.1, -0.05) is 50.1 Å². The fourth-order valence-electron chi connectivity index (χ4n) is 2.92. The van der Waals surface area contributed by atoms with Crippen molar-refractivity contribution in [3.63, 3.8) is 0 Å². The zero-order valence-electron chi connectivity index (χ0n) is 16.4. The Bertz CT molecular complexity index is 903. The lowest BCUT2D eigenvalue weighted by atomic mass is 9.86. The fraction of sp³-hybridized carbons (Fsp3) is 0.381. The third-order valence-corrected chi connectivity index (χ3v) is 5.04. The lowest BCUT2D eigenvalue weighted by Gasteiger charge is -2.25. The minimum absolute atomic E-state index is 0.213. The van der Waals surface area contributed by atoms with Crippen molar-refractivity contribution in [3.8, 4) is 6.07 Å². The van der Waals surface area contributed by atoms with Crippen molar-refractivity contribution in [2.45, 2.75) is 48.5 Å². The number of hydrogen-bond donors (Lipinski definition) is 1. The predicted octanol–water partition coefficient (Wildman–Crippen LogP) is 5.09. The Morgan fingerprint density at radius 2 is 1.69 bits per heavy atom. The summed E-state index contributed by atoms with van der Waals surface area (Å²) >= 11 is 1.37. The molecule has 0 aliphatic carbocycles. The first-order valence-electron chi connectivity index (χ1n) is 8.52. The van der Waals surface area contributed by atoms with Crippen LogP contribution in [0, 0.1) is 44.4 Å².